The van der Waals surface area contributed by atoms with Gasteiger partial charge in [0.05, 0.1) is 0 Å². The molecule has 1 saturated carbocycles. The number of rotatable bonds is 5. The molecule has 1 aromatic rings. The number of nitrogens with one attached hydrogen (secondary N) is 2. The third kappa shape index (κ3) is 4.18. The monoisotopic (exact) mass is 276 g/mol. The Bertz CT molecular complexity index is 424. The van der Waals surface area contributed by atoms with E-state index in [-0.39, 0.29) is 5.91 Å². The van der Waals surface area contributed by atoms with Gasteiger partial charge in [0.15, 0.2) is 5.69 Å². The van der Waals surface area contributed by atoms with Crippen LogP contribution in [0.1, 0.15) is 50.0 Å². The van der Waals surface area contributed by atoms with Crippen LogP contribution in [0.25, 0.3) is 0 Å². The van der Waals surface area contributed by atoms with Crippen LogP contribution in [0.2, 0.25) is 0 Å². The van der Waals surface area contributed by atoms with Gasteiger partial charge in [0.1, 0.15) is 5.82 Å². The third-order valence-corrected chi connectivity index (χ3v) is 3.94. The fourth-order valence-electron chi connectivity index (χ4n) is 2.59. The van der Waals surface area contributed by atoms with Crippen LogP contribution >= 0.6 is 0 Å². The van der Waals surface area contributed by atoms with Crippen LogP contribution in [-0.4, -0.2) is 29.2 Å². The molecule has 0 unspecified atom stereocenters. The highest BCUT2D eigenvalue weighted by atomic mass is 16.1. The molecule has 1 fully saturated rings. The van der Waals surface area contributed by atoms with E-state index in [0.717, 1.165) is 19.0 Å². The van der Waals surface area contributed by atoms with E-state index in [2.05, 4.69) is 27.8 Å². The minimum Gasteiger partial charge on any atom is -0.369 e. The summed E-state index contributed by atoms with van der Waals surface area (Å²) in [5.74, 6) is 2.03. The van der Waals surface area contributed by atoms with Gasteiger partial charge in [0, 0.05) is 13.1 Å². The summed E-state index contributed by atoms with van der Waals surface area (Å²) < 4.78 is 0. The van der Waals surface area contributed by atoms with E-state index >= 15 is 0 Å². The lowest BCUT2D eigenvalue weighted by atomic mass is 9.83. The number of hydrogen-bond donors (Lipinski definition) is 2. The predicted molar refractivity (Wildman–Crippen MR) is 79.7 cm³/mol. The standard InChI is InChI=1S/C15H24N4O/c1-3-16-14-9-8-13(18-19-14)15(20)17-10-12-6-4-11(2)5-7-12/h8-9,11-12H,3-7,10H2,1-2H3,(H,16,19)(H,17,20). The van der Waals surface area contributed by atoms with E-state index < -0.39 is 0 Å². The number of anilines is 1. The Labute approximate surface area is 120 Å². The molecule has 1 amide bonds. The number of nitrogens with zero attached hydrogens (tertiary/aromatic N) is 2. The van der Waals surface area contributed by atoms with Crippen molar-refractivity contribution in [3.05, 3.63) is 17.8 Å². The molecule has 0 atom stereocenters. The number of carbonyl (C=O) groups is 1. The molecule has 5 nitrogen and oxygen atoms in total. The third-order valence-electron chi connectivity index (χ3n) is 3.94. The van der Waals surface area contributed by atoms with Gasteiger partial charge in [-0.15, -0.1) is 10.2 Å². The van der Waals surface area contributed by atoms with Gasteiger partial charge < -0.3 is 10.6 Å². The largest absolute Gasteiger partial charge is 0.369 e. The number of amides is 1. The molecular formula is C15H24N4O. The second-order valence-corrected chi connectivity index (χ2v) is 5.67. The van der Waals surface area contributed by atoms with Crippen molar-refractivity contribution >= 4 is 11.7 Å². The van der Waals surface area contributed by atoms with E-state index in [1.54, 1.807) is 12.1 Å². The van der Waals surface area contributed by atoms with Crippen LogP contribution in [-0.2, 0) is 0 Å². The van der Waals surface area contributed by atoms with Crippen molar-refractivity contribution in [2.45, 2.75) is 39.5 Å². The summed E-state index contributed by atoms with van der Waals surface area (Å²) in [5, 5.41) is 14.0. The van der Waals surface area contributed by atoms with Gasteiger partial charge in [0.25, 0.3) is 5.91 Å². The van der Waals surface area contributed by atoms with Gasteiger partial charge in [-0.1, -0.05) is 19.8 Å². The molecule has 2 rings (SSSR count). The van der Waals surface area contributed by atoms with E-state index in [1.807, 2.05) is 6.92 Å². The first-order chi connectivity index (χ1) is 9.69. The van der Waals surface area contributed by atoms with Crippen molar-refractivity contribution in [1.82, 2.24) is 15.5 Å². The maximum Gasteiger partial charge on any atom is 0.271 e. The molecule has 0 bridgehead atoms. The fourth-order valence-corrected chi connectivity index (χ4v) is 2.59. The Balaban J connectivity index is 1.79. The molecule has 0 aliphatic heterocycles. The summed E-state index contributed by atoms with van der Waals surface area (Å²) in [6.45, 7) is 5.84. The summed E-state index contributed by atoms with van der Waals surface area (Å²) in [7, 11) is 0. The lowest BCUT2D eigenvalue weighted by molar-refractivity contribution is 0.0936. The van der Waals surface area contributed by atoms with Crippen LogP contribution in [0.5, 0.6) is 0 Å². The summed E-state index contributed by atoms with van der Waals surface area (Å²) in [6, 6.07) is 3.50. The van der Waals surface area contributed by atoms with Crippen molar-refractivity contribution in [3.63, 3.8) is 0 Å². The molecule has 1 aliphatic carbocycles. The van der Waals surface area contributed by atoms with Gasteiger partial charge in [-0.3, -0.25) is 4.79 Å². The van der Waals surface area contributed by atoms with Gasteiger partial charge in [-0.25, -0.2) is 0 Å². The van der Waals surface area contributed by atoms with E-state index in [9.17, 15) is 4.79 Å². The van der Waals surface area contributed by atoms with Gasteiger partial charge in [-0.05, 0) is 43.7 Å². The smallest absolute Gasteiger partial charge is 0.271 e. The Morgan fingerprint density at radius 3 is 2.60 bits per heavy atom. The first-order valence-electron chi connectivity index (χ1n) is 7.54. The Hall–Kier alpha value is -1.65. The van der Waals surface area contributed by atoms with Crippen LogP contribution in [0.3, 0.4) is 0 Å². The minimum atomic E-state index is -0.126. The molecule has 5 heteroatoms. The number of aromatic nitrogens is 2. The number of carbonyl (C=O) groups excluding carboxylic acids is 1. The van der Waals surface area contributed by atoms with Crippen LogP contribution in [0.4, 0.5) is 5.82 Å². The predicted octanol–water partition coefficient (Wildman–Crippen LogP) is 2.46. The zero-order chi connectivity index (χ0) is 14.4. The highest BCUT2D eigenvalue weighted by Gasteiger charge is 2.19. The van der Waals surface area contributed by atoms with Crippen LogP contribution < -0.4 is 10.6 Å². The van der Waals surface area contributed by atoms with Crippen molar-refractivity contribution in [1.29, 1.82) is 0 Å². The molecule has 20 heavy (non-hydrogen) atoms. The highest BCUT2D eigenvalue weighted by Crippen LogP contribution is 2.27. The molecular weight excluding hydrogens is 252 g/mol. The van der Waals surface area contributed by atoms with Gasteiger partial charge in [-0.2, -0.15) is 0 Å². The molecule has 1 aromatic heterocycles. The van der Waals surface area contributed by atoms with Crippen LogP contribution in [0, 0.1) is 11.8 Å². The van der Waals surface area contributed by atoms with E-state index in [0.29, 0.717) is 17.4 Å². The Morgan fingerprint density at radius 2 is 2.00 bits per heavy atom. The first kappa shape index (κ1) is 14.8. The Morgan fingerprint density at radius 1 is 1.25 bits per heavy atom. The summed E-state index contributed by atoms with van der Waals surface area (Å²) in [4.78, 5) is 12.0. The lowest BCUT2D eigenvalue weighted by Gasteiger charge is -2.26. The first-order valence-corrected chi connectivity index (χ1v) is 7.54. The van der Waals surface area contributed by atoms with Crippen molar-refractivity contribution < 1.29 is 4.79 Å². The highest BCUT2D eigenvalue weighted by molar-refractivity contribution is 5.92. The fraction of sp³-hybridized carbons (Fsp3) is 0.667. The van der Waals surface area contributed by atoms with Crippen molar-refractivity contribution in [2.24, 2.45) is 11.8 Å². The molecule has 1 aliphatic rings. The van der Waals surface area contributed by atoms with Crippen molar-refractivity contribution in [3.8, 4) is 0 Å². The lowest BCUT2D eigenvalue weighted by Crippen LogP contribution is -2.31. The normalized spacial score (nSPS) is 22.3. The van der Waals surface area contributed by atoms with Crippen LogP contribution in [0.15, 0.2) is 12.1 Å². The zero-order valence-electron chi connectivity index (χ0n) is 12.4. The molecule has 0 spiro atoms. The average Bonchev–Trinajstić information content (AvgIpc) is 2.47. The maximum atomic E-state index is 12.0. The van der Waals surface area contributed by atoms with E-state index in [4.69, 9.17) is 0 Å². The summed E-state index contributed by atoms with van der Waals surface area (Å²) >= 11 is 0. The molecule has 1 heterocycles. The maximum absolute atomic E-state index is 12.0. The summed E-state index contributed by atoms with van der Waals surface area (Å²) in [5.41, 5.74) is 0.385. The molecule has 110 valence electrons. The molecule has 0 saturated heterocycles. The quantitative estimate of drug-likeness (QED) is 0.867. The molecule has 0 aromatic carbocycles. The van der Waals surface area contributed by atoms with E-state index in [1.165, 1.54) is 25.7 Å². The minimum absolute atomic E-state index is 0.126. The second kappa shape index (κ2) is 7.22. The summed E-state index contributed by atoms with van der Waals surface area (Å²) in [6.07, 6.45) is 4.98. The van der Waals surface area contributed by atoms with Crippen molar-refractivity contribution in [2.75, 3.05) is 18.4 Å². The topological polar surface area (TPSA) is 66.9 Å². The Kier molecular flexibility index (Phi) is 5.32. The second-order valence-electron chi connectivity index (χ2n) is 5.67. The SMILES string of the molecule is CCNc1ccc(C(=O)NCC2CCC(C)CC2)nn1. The van der Waals surface area contributed by atoms with Gasteiger partial charge >= 0.3 is 0 Å². The molecule has 2 N–H and O–H groups in total. The average molecular weight is 276 g/mol. The molecule has 0 radical (unpaired) electrons. The zero-order valence-corrected chi connectivity index (χ0v) is 12.4. The van der Waals surface area contributed by atoms with Gasteiger partial charge in [0.2, 0.25) is 0 Å². The number of hydrogen-bond acceptors (Lipinski definition) is 4.